The molecule has 0 saturated carbocycles. The van der Waals surface area contributed by atoms with Crippen LogP contribution in [0.5, 0.6) is 0 Å². The number of aromatic amines is 1. The van der Waals surface area contributed by atoms with Gasteiger partial charge in [0, 0.05) is 26.2 Å². The molecule has 0 aliphatic carbocycles. The maximum absolute atomic E-state index is 12.8. The Kier molecular flexibility index (Phi) is 6.18. The van der Waals surface area contributed by atoms with E-state index in [0.717, 1.165) is 0 Å². The second-order valence-electron chi connectivity index (χ2n) is 5.15. The Balaban J connectivity index is 0.00000220. The highest BCUT2D eigenvalue weighted by Gasteiger charge is 2.38. The number of ether oxygens (including phenoxy) is 1. The highest BCUT2D eigenvalue weighted by atomic mass is 35.5. The van der Waals surface area contributed by atoms with Crippen molar-refractivity contribution < 1.29 is 13.2 Å². The van der Waals surface area contributed by atoms with Gasteiger partial charge >= 0.3 is 0 Å². The molecule has 1 aromatic rings. The summed E-state index contributed by atoms with van der Waals surface area (Å²) in [6, 6.07) is -0.229. The zero-order valence-corrected chi connectivity index (χ0v) is 14.1. The molecule has 122 valence electrons. The fourth-order valence-corrected chi connectivity index (χ4v) is 4.77. The molecular formula is C12H23ClN4O3S. The Hall–Kier alpha value is -0.670. The molecule has 2 heterocycles. The Morgan fingerprint density at radius 1 is 1.48 bits per heavy atom. The van der Waals surface area contributed by atoms with Crippen molar-refractivity contribution in [1.82, 2.24) is 14.5 Å². The third kappa shape index (κ3) is 3.40. The first-order valence-corrected chi connectivity index (χ1v) is 8.12. The summed E-state index contributed by atoms with van der Waals surface area (Å²) in [5.74, 6) is 0. The van der Waals surface area contributed by atoms with Gasteiger partial charge in [-0.1, -0.05) is 0 Å². The summed E-state index contributed by atoms with van der Waals surface area (Å²) in [6.07, 6.45) is 1.38. The molecule has 7 nitrogen and oxygen atoms in total. The number of sulfonamides is 1. The van der Waals surface area contributed by atoms with E-state index >= 15 is 0 Å². The summed E-state index contributed by atoms with van der Waals surface area (Å²) < 4.78 is 32.5. The van der Waals surface area contributed by atoms with E-state index in [-0.39, 0.29) is 36.0 Å². The van der Waals surface area contributed by atoms with Crippen LogP contribution in [-0.2, 0) is 14.8 Å². The minimum Gasteiger partial charge on any atom is -0.381 e. The van der Waals surface area contributed by atoms with Gasteiger partial charge in [-0.25, -0.2) is 8.42 Å². The number of aromatic nitrogens is 2. The molecular weight excluding hydrogens is 316 g/mol. The topological polar surface area (TPSA) is 101 Å². The van der Waals surface area contributed by atoms with Gasteiger partial charge in [-0.15, -0.1) is 12.4 Å². The molecule has 0 bridgehead atoms. The lowest BCUT2D eigenvalue weighted by molar-refractivity contribution is 0.0401. The Morgan fingerprint density at radius 2 is 2.14 bits per heavy atom. The van der Waals surface area contributed by atoms with Gasteiger partial charge in [0.15, 0.2) is 0 Å². The molecule has 3 N–H and O–H groups in total. The predicted octanol–water partition coefficient (Wildman–Crippen LogP) is 0.575. The normalized spacial score (nSPS) is 23.8. The number of aryl methyl sites for hydroxylation is 2. The van der Waals surface area contributed by atoms with E-state index in [1.807, 2.05) is 0 Å². The second kappa shape index (κ2) is 7.06. The van der Waals surface area contributed by atoms with E-state index in [9.17, 15) is 8.42 Å². The summed E-state index contributed by atoms with van der Waals surface area (Å²) >= 11 is 0. The zero-order valence-electron chi connectivity index (χ0n) is 12.5. The molecule has 1 fully saturated rings. The minimum absolute atomic E-state index is 0. The molecule has 0 aromatic carbocycles. The number of H-pyrrole nitrogens is 1. The monoisotopic (exact) mass is 338 g/mol. The van der Waals surface area contributed by atoms with Crippen LogP contribution in [-0.4, -0.2) is 55.3 Å². The van der Waals surface area contributed by atoms with Crippen LogP contribution in [0.1, 0.15) is 24.2 Å². The van der Waals surface area contributed by atoms with E-state index < -0.39 is 10.0 Å². The molecule has 1 aliphatic rings. The average molecular weight is 339 g/mol. The van der Waals surface area contributed by atoms with Crippen molar-refractivity contribution in [2.75, 3.05) is 20.2 Å². The number of rotatable bonds is 4. The number of piperidine rings is 1. The van der Waals surface area contributed by atoms with Crippen LogP contribution in [0.25, 0.3) is 0 Å². The van der Waals surface area contributed by atoms with Crippen LogP contribution in [0, 0.1) is 13.8 Å². The number of nitrogens with one attached hydrogen (secondary N) is 1. The number of methoxy groups -OCH3 is 1. The molecule has 0 radical (unpaired) electrons. The summed E-state index contributed by atoms with van der Waals surface area (Å²) in [5.41, 5.74) is 6.81. The first-order chi connectivity index (χ1) is 9.41. The van der Waals surface area contributed by atoms with Gasteiger partial charge in [-0.2, -0.15) is 9.40 Å². The van der Waals surface area contributed by atoms with Gasteiger partial charge < -0.3 is 10.5 Å². The predicted molar refractivity (Wildman–Crippen MR) is 82.1 cm³/mol. The van der Waals surface area contributed by atoms with Gasteiger partial charge in [-0.05, 0) is 26.7 Å². The van der Waals surface area contributed by atoms with Gasteiger partial charge in [0.05, 0.1) is 17.5 Å². The summed E-state index contributed by atoms with van der Waals surface area (Å²) in [4.78, 5) is 0.270. The van der Waals surface area contributed by atoms with Gasteiger partial charge in [0.1, 0.15) is 4.90 Å². The highest BCUT2D eigenvalue weighted by molar-refractivity contribution is 7.89. The Morgan fingerprint density at radius 3 is 2.62 bits per heavy atom. The first-order valence-electron chi connectivity index (χ1n) is 6.68. The van der Waals surface area contributed by atoms with E-state index in [4.69, 9.17) is 10.5 Å². The van der Waals surface area contributed by atoms with Crippen molar-refractivity contribution in [1.29, 1.82) is 0 Å². The number of hydrogen-bond acceptors (Lipinski definition) is 5. The molecule has 2 unspecified atom stereocenters. The van der Waals surface area contributed by atoms with Crippen molar-refractivity contribution in [2.24, 2.45) is 5.73 Å². The van der Waals surface area contributed by atoms with Crippen LogP contribution >= 0.6 is 12.4 Å². The van der Waals surface area contributed by atoms with Crippen molar-refractivity contribution in [3.05, 3.63) is 11.4 Å². The Labute approximate surface area is 131 Å². The van der Waals surface area contributed by atoms with E-state index in [2.05, 4.69) is 10.2 Å². The van der Waals surface area contributed by atoms with E-state index in [1.165, 1.54) is 4.31 Å². The van der Waals surface area contributed by atoms with Crippen LogP contribution in [0.2, 0.25) is 0 Å². The molecule has 1 saturated heterocycles. The lowest BCUT2D eigenvalue weighted by Crippen LogP contribution is -2.51. The molecule has 1 aliphatic heterocycles. The third-order valence-electron chi connectivity index (χ3n) is 3.85. The van der Waals surface area contributed by atoms with Gasteiger partial charge in [0.2, 0.25) is 10.0 Å². The number of nitrogens with two attached hydrogens (primary N) is 1. The second-order valence-corrected chi connectivity index (χ2v) is 6.98. The third-order valence-corrected chi connectivity index (χ3v) is 6.06. The molecule has 0 amide bonds. The molecule has 21 heavy (non-hydrogen) atoms. The summed E-state index contributed by atoms with van der Waals surface area (Å²) in [7, 11) is -1.92. The summed E-state index contributed by atoms with van der Waals surface area (Å²) in [5, 5.41) is 6.70. The largest absolute Gasteiger partial charge is 0.381 e. The quantitative estimate of drug-likeness (QED) is 0.836. The fraction of sp³-hybridized carbons (Fsp3) is 0.750. The maximum Gasteiger partial charge on any atom is 0.247 e. The van der Waals surface area contributed by atoms with Crippen molar-refractivity contribution in [3.8, 4) is 0 Å². The molecule has 0 spiro atoms. The molecule has 2 rings (SSSR count). The zero-order chi connectivity index (χ0) is 14.9. The van der Waals surface area contributed by atoms with Crippen LogP contribution < -0.4 is 5.73 Å². The fourth-order valence-electron chi connectivity index (χ4n) is 2.77. The smallest absolute Gasteiger partial charge is 0.247 e. The van der Waals surface area contributed by atoms with Crippen molar-refractivity contribution in [2.45, 2.75) is 43.7 Å². The SMILES string of the molecule is COC1CCN(S(=O)(=O)c2c(C)n[nH]c2C)C(CN)C1.Cl. The van der Waals surface area contributed by atoms with Crippen LogP contribution in [0.15, 0.2) is 4.90 Å². The average Bonchev–Trinajstić information content (AvgIpc) is 2.77. The van der Waals surface area contributed by atoms with Crippen LogP contribution in [0.3, 0.4) is 0 Å². The number of nitrogens with zero attached hydrogens (tertiary/aromatic N) is 2. The standard InChI is InChI=1S/C12H22N4O3S.ClH/c1-8-12(9(2)15-14-8)20(17,18)16-5-4-11(19-3)6-10(16)7-13;/h10-11H,4-7,13H2,1-3H3,(H,14,15);1H. The summed E-state index contributed by atoms with van der Waals surface area (Å²) in [6.45, 7) is 4.11. The van der Waals surface area contributed by atoms with Gasteiger partial charge in [-0.3, -0.25) is 5.10 Å². The van der Waals surface area contributed by atoms with E-state index in [0.29, 0.717) is 30.8 Å². The lowest BCUT2D eigenvalue weighted by atomic mass is 10.0. The van der Waals surface area contributed by atoms with Crippen molar-refractivity contribution >= 4 is 22.4 Å². The lowest BCUT2D eigenvalue weighted by Gasteiger charge is -2.37. The minimum atomic E-state index is -3.57. The molecule has 2 atom stereocenters. The number of hydrogen-bond donors (Lipinski definition) is 2. The molecule has 1 aromatic heterocycles. The van der Waals surface area contributed by atoms with E-state index in [1.54, 1.807) is 21.0 Å². The first kappa shape index (κ1) is 18.4. The maximum atomic E-state index is 12.8. The van der Waals surface area contributed by atoms with Crippen molar-refractivity contribution in [3.63, 3.8) is 0 Å². The van der Waals surface area contributed by atoms with Crippen LogP contribution in [0.4, 0.5) is 0 Å². The number of halogens is 1. The Bertz CT molecular complexity index is 556. The highest BCUT2D eigenvalue weighted by Crippen LogP contribution is 2.28. The molecule has 9 heteroatoms. The van der Waals surface area contributed by atoms with Gasteiger partial charge in [0.25, 0.3) is 0 Å².